The molecule has 0 bridgehead atoms. The van der Waals surface area contributed by atoms with Crippen LogP contribution in [0, 0.1) is 5.92 Å². The summed E-state index contributed by atoms with van der Waals surface area (Å²) in [5.41, 5.74) is 0. The van der Waals surface area contributed by atoms with E-state index >= 15 is 0 Å². The standard InChI is InChI=1S/C13H27N3O.ClH/c1-3-12(4-2)11-13(17)15-7-10-16-8-5-14-6-9-16;/h12,14H,3-11H2,1-2H3,(H,15,17);1H. The zero-order valence-electron chi connectivity index (χ0n) is 11.7. The first-order valence-electron chi connectivity index (χ1n) is 6.96. The lowest BCUT2D eigenvalue weighted by atomic mass is 9.99. The first kappa shape index (κ1) is 17.7. The van der Waals surface area contributed by atoms with Crippen molar-refractivity contribution in [2.75, 3.05) is 39.3 Å². The van der Waals surface area contributed by atoms with Gasteiger partial charge in [0.1, 0.15) is 0 Å². The Morgan fingerprint density at radius 2 is 1.89 bits per heavy atom. The molecule has 0 aromatic rings. The number of piperazine rings is 1. The van der Waals surface area contributed by atoms with Crippen LogP contribution >= 0.6 is 12.4 Å². The normalized spacial score (nSPS) is 16.4. The Morgan fingerprint density at radius 1 is 1.28 bits per heavy atom. The van der Waals surface area contributed by atoms with Crippen molar-refractivity contribution < 1.29 is 4.79 Å². The van der Waals surface area contributed by atoms with Crippen LogP contribution in [0.2, 0.25) is 0 Å². The van der Waals surface area contributed by atoms with Gasteiger partial charge in [-0.15, -0.1) is 12.4 Å². The molecule has 1 saturated heterocycles. The van der Waals surface area contributed by atoms with Gasteiger partial charge in [0, 0.05) is 45.7 Å². The molecule has 108 valence electrons. The lowest BCUT2D eigenvalue weighted by Crippen LogP contribution is -2.46. The van der Waals surface area contributed by atoms with Gasteiger partial charge in [-0.1, -0.05) is 26.7 Å². The average molecular weight is 278 g/mol. The topological polar surface area (TPSA) is 44.4 Å². The lowest BCUT2D eigenvalue weighted by molar-refractivity contribution is -0.122. The van der Waals surface area contributed by atoms with Crippen molar-refractivity contribution in [1.82, 2.24) is 15.5 Å². The molecule has 0 radical (unpaired) electrons. The van der Waals surface area contributed by atoms with Gasteiger partial charge in [0.15, 0.2) is 0 Å². The van der Waals surface area contributed by atoms with E-state index < -0.39 is 0 Å². The van der Waals surface area contributed by atoms with Gasteiger partial charge in [-0.25, -0.2) is 0 Å². The van der Waals surface area contributed by atoms with E-state index in [2.05, 4.69) is 29.4 Å². The van der Waals surface area contributed by atoms with Crippen LogP contribution in [0.25, 0.3) is 0 Å². The van der Waals surface area contributed by atoms with Crippen LogP contribution in [0.4, 0.5) is 0 Å². The Bertz CT molecular complexity index is 216. The minimum atomic E-state index is 0. The quantitative estimate of drug-likeness (QED) is 0.736. The molecule has 18 heavy (non-hydrogen) atoms. The molecule has 1 fully saturated rings. The van der Waals surface area contributed by atoms with Crippen LogP contribution in [0.15, 0.2) is 0 Å². The predicted octanol–water partition coefficient (Wildman–Crippen LogP) is 1.26. The molecule has 0 aromatic heterocycles. The van der Waals surface area contributed by atoms with Gasteiger partial charge in [0.05, 0.1) is 0 Å². The van der Waals surface area contributed by atoms with E-state index in [4.69, 9.17) is 0 Å². The summed E-state index contributed by atoms with van der Waals surface area (Å²) >= 11 is 0. The Balaban J connectivity index is 0.00000289. The summed E-state index contributed by atoms with van der Waals surface area (Å²) in [7, 11) is 0. The van der Waals surface area contributed by atoms with Crippen LogP contribution in [0.5, 0.6) is 0 Å². The molecule has 1 aliphatic heterocycles. The number of carbonyl (C=O) groups is 1. The predicted molar refractivity (Wildman–Crippen MR) is 78.3 cm³/mol. The van der Waals surface area contributed by atoms with Gasteiger partial charge >= 0.3 is 0 Å². The summed E-state index contributed by atoms with van der Waals surface area (Å²) in [5.74, 6) is 0.767. The maximum absolute atomic E-state index is 11.7. The molecule has 4 nitrogen and oxygen atoms in total. The molecule has 0 aliphatic carbocycles. The number of rotatable bonds is 7. The fourth-order valence-corrected chi connectivity index (χ4v) is 2.20. The van der Waals surface area contributed by atoms with Crippen molar-refractivity contribution in [3.63, 3.8) is 0 Å². The molecular weight excluding hydrogens is 250 g/mol. The second-order valence-corrected chi connectivity index (χ2v) is 4.83. The Hall–Kier alpha value is -0.320. The first-order chi connectivity index (χ1) is 8.26. The first-order valence-corrected chi connectivity index (χ1v) is 6.96. The summed E-state index contributed by atoms with van der Waals surface area (Å²) in [6.45, 7) is 10.4. The van der Waals surface area contributed by atoms with Crippen molar-refractivity contribution >= 4 is 18.3 Å². The number of hydrogen-bond donors (Lipinski definition) is 2. The van der Waals surface area contributed by atoms with Gasteiger partial charge in [-0.05, 0) is 5.92 Å². The highest BCUT2D eigenvalue weighted by atomic mass is 35.5. The minimum Gasteiger partial charge on any atom is -0.355 e. The number of amides is 1. The van der Waals surface area contributed by atoms with Crippen LogP contribution in [0.1, 0.15) is 33.1 Å². The third kappa shape index (κ3) is 7.19. The van der Waals surface area contributed by atoms with Gasteiger partial charge in [0.2, 0.25) is 5.91 Å². The zero-order chi connectivity index (χ0) is 12.5. The smallest absolute Gasteiger partial charge is 0.220 e. The van der Waals surface area contributed by atoms with Gasteiger partial charge in [0.25, 0.3) is 0 Å². The molecule has 0 aromatic carbocycles. The van der Waals surface area contributed by atoms with Gasteiger partial charge in [-0.3, -0.25) is 9.69 Å². The average Bonchev–Trinajstić information content (AvgIpc) is 2.37. The molecular formula is C13H28ClN3O. The molecule has 5 heteroatoms. The fourth-order valence-electron chi connectivity index (χ4n) is 2.20. The van der Waals surface area contributed by atoms with E-state index in [1.807, 2.05) is 0 Å². The monoisotopic (exact) mass is 277 g/mol. The Morgan fingerprint density at radius 3 is 2.44 bits per heavy atom. The van der Waals surface area contributed by atoms with Crippen LogP contribution < -0.4 is 10.6 Å². The number of nitrogens with one attached hydrogen (secondary N) is 2. The summed E-state index contributed by atoms with van der Waals surface area (Å²) in [6, 6.07) is 0. The van der Waals surface area contributed by atoms with E-state index in [0.717, 1.165) is 52.1 Å². The highest BCUT2D eigenvalue weighted by Crippen LogP contribution is 2.11. The molecule has 1 amide bonds. The number of nitrogens with zero attached hydrogens (tertiary/aromatic N) is 1. The second-order valence-electron chi connectivity index (χ2n) is 4.83. The van der Waals surface area contributed by atoms with Gasteiger partial charge < -0.3 is 10.6 Å². The van der Waals surface area contributed by atoms with E-state index in [9.17, 15) is 4.79 Å². The van der Waals surface area contributed by atoms with Crippen molar-refractivity contribution in [3.05, 3.63) is 0 Å². The maximum Gasteiger partial charge on any atom is 0.220 e. The lowest BCUT2D eigenvalue weighted by Gasteiger charge is -2.27. The highest BCUT2D eigenvalue weighted by Gasteiger charge is 2.11. The maximum atomic E-state index is 11.7. The van der Waals surface area contributed by atoms with Crippen LogP contribution in [-0.2, 0) is 4.79 Å². The van der Waals surface area contributed by atoms with Crippen molar-refractivity contribution in [3.8, 4) is 0 Å². The SMILES string of the molecule is CCC(CC)CC(=O)NCCN1CCNCC1.Cl. The molecule has 0 unspecified atom stereocenters. The third-order valence-electron chi connectivity index (χ3n) is 3.59. The summed E-state index contributed by atoms with van der Waals surface area (Å²) in [6.07, 6.45) is 2.89. The number of halogens is 1. The molecule has 2 N–H and O–H groups in total. The number of carbonyl (C=O) groups excluding carboxylic acids is 1. The fraction of sp³-hybridized carbons (Fsp3) is 0.923. The molecule has 1 aliphatic rings. The largest absolute Gasteiger partial charge is 0.355 e. The molecule has 0 spiro atoms. The van der Waals surface area contributed by atoms with Crippen LogP contribution in [0.3, 0.4) is 0 Å². The second kappa shape index (κ2) is 10.6. The number of hydrogen-bond acceptors (Lipinski definition) is 3. The molecule has 0 atom stereocenters. The molecule has 0 saturated carbocycles. The van der Waals surface area contributed by atoms with Crippen molar-refractivity contribution in [2.45, 2.75) is 33.1 Å². The van der Waals surface area contributed by atoms with E-state index in [1.54, 1.807) is 0 Å². The third-order valence-corrected chi connectivity index (χ3v) is 3.59. The Kier molecular flexibility index (Phi) is 10.4. The molecule has 1 rings (SSSR count). The Labute approximate surface area is 117 Å². The summed E-state index contributed by atoms with van der Waals surface area (Å²) in [4.78, 5) is 14.1. The molecule has 1 heterocycles. The van der Waals surface area contributed by atoms with E-state index in [0.29, 0.717) is 12.3 Å². The highest BCUT2D eigenvalue weighted by molar-refractivity contribution is 5.85. The van der Waals surface area contributed by atoms with E-state index in [-0.39, 0.29) is 18.3 Å². The minimum absolute atomic E-state index is 0. The van der Waals surface area contributed by atoms with Crippen molar-refractivity contribution in [1.29, 1.82) is 0 Å². The van der Waals surface area contributed by atoms with Crippen LogP contribution in [-0.4, -0.2) is 50.1 Å². The summed E-state index contributed by atoms with van der Waals surface area (Å²) < 4.78 is 0. The zero-order valence-corrected chi connectivity index (χ0v) is 12.5. The summed E-state index contributed by atoms with van der Waals surface area (Å²) in [5, 5.41) is 6.35. The van der Waals surface area contributed by atoms with Gasteiger partial charge in [-0.2, -0.15) is 0 Å². The van der Waals surface area contributed by atoms with E-state index in [1.165, 1.54) is 0 Å². The van der Waals surface area contributed by atoms with Crippen molar-refractivity contribution in [2.24, 2.45) is 5.92 Å².